The van der Waals surface area contributed by atoms with Gasteiger partial charge in [0.25, 0.3) is 0 Å². The molecule has 1 aliphatic rings. The maximum atomic E-state index is 12.2. The van der Waals surface area contributed by atoms with Crippen molar-refractivity contribution >= 4 is 18.3 Å². The van der Waals surface area contributed by atoms with Gasteiger partial charge in [-0.15, -0.1) is 12.4 Å². The lowest BCUT2D eigenvalue weighted by Gasteiger charge is -2.31. The lowest BCUT2D eigenvalue weighted by Crippen LogP contribution is -2.51. The second kappa shape index (κ2) is 7.51. The molecule has 1 aromatic rings. The second-order valence-electron chi connectivity index (χ2n) is 5.22. The first-order valence-electron chi connectivity index (χ1n) is 6.74. The summed E-state index contributed by atoms with van der Waals surface area (Å²) in [6.07, 6.45) is 1.13. The number of amides is 1. The third kappa shape index (κ3) is 4.22. The van der Waals surface area contributed by atoms with Gasteiger partial charge in [0.1, 0.15) is 0 Å². The van der Waals surface area contributed by atoms with Crippen LogP contribution in [-0.4, -0.2) is 25.0 Å². The van der Waals surface area contributed by atoms with E-state index in [1.807, 2.05) is 37.3 Å². The number of halogens is 1. The minimum Gasteiger partial charge on any atom is -0.351 e. The Bertz CT molecular complexity index is 396. The average Bonchev–Trinajstić information content (AvgIpc) is 2.41. The van der Waals surface area contributed by atoms with E-state index in [2.05, 4.69) is 17.6 Å². The smallest absolute Gasteiger partial charge is 0.227 e. The van der Waals surface area contributed by atoms with Crippen molar-refractivity contribution in [3.63, 3.8) is 0 Å². The summed E-state index contributed by atoms with van der Waals surface area (Å²) in [6.45, 7) is 6.11. The van der Waals surface area contributed by atoms with Gasteiger partial charge in [0, 0.05) is 12.6 Å². The van der Waals surface area contributed by atoms with E-state index in [9.17, 15) is 4.79 Å². The number of hydrogen-bond acceptors (Lipinski definition) is 2. The van der Waals surface area contributed by atoms with Gasteiger partial charge < -0.3 is 10.6 Å². The Morgan fingerprint density at radius 2 is 2.05 bits per heavy atom. The fraction of sp³-hybridized carbons (Fsp3) is 0.533. The zero-order chi connectivity index (χ0) is 13.0. The number of hydrogen-bond donors (Lipinski definition) is 2. The molecule has 0 bridgehead atoms. The first kappa shape index (κ1) is 16.0. The quantitative estimate of drug-likeness (QED) is 0.893. The molecule has 1 saturated heterocycles. The third-order valence-corrected chi connectivity index (χ3v) is 3.85. The molecule has 0 radical (unpaired) electrons. The highest BCUT2D eigenvalue weighted by Crippen LogP contribution is 2.17. The van der Waals surface area contributed by atoms with E-state index in [0.717, 1.165) is 25.1 Å². The van der Waals surface area contributed by atoms with Crippen molar-refractivity contribution in [2.75, 3.05) is 13.1 Å². The topological polar surface area (TPSA) is 41.1 Å². The highest BCUT2D eigenvalue weighted by atomic mass is 35.5. The monoisotopic (exact) mass is 282 g/mol. The standard InChI is InChI=1S/C15H22N2O.ClH/c1-11-8-9-16-10-14(11)17-15(18)12(2)13-6-4-3-5-7-13;/h3-7,11-12,14,16H,8-10H2,1-2H3,(H,17,18);1H. The molecule has 19 heavy (non-hydrogen) atoms. The summed E-state index contributed by atoms with van der Waals surface area (Å²) in [5.41, 5.74) is 1.08. The minimum atomic E-state index is -0.0830. The molecule has 1 amide bonds. The zero-order valence-corrected chi connectivity index (χ0v) is 12.4. The zero-order valence-electron chi connectivity index (χ0n) is 11.6. The van der Waals surface area contributed by atoms with Crippen LogP contribution in [0.4, 0.5) is 0 Å². The van der Waals surface area contributed by atoms with Crippen LogP contribution in [0.2, 0.25) is 0 Å². The van der Waals surface area contributed by atoms with Crippen molar-refractivity contribution in [3.8, 4) is 0 Å². The van der Waals surface area contributed by atoms with Crippen molar-refractivity contribution < 1.29 is 4.79 Å². The van der Waals surface area contributed by atoms with Gasteiger partial charge in [-0.3, -0.25) is 4.79 Å². The van der Waals surface area contributed by atoms with E-state index in [0.29, 0.717) is 5.92 Å². The van der Waals surface area contributed by atoms with Crippen molar-refractivity contribution in [3.05, 3.63) is 35.9 Å². The van der Waals surface area contributed by atoms with Crippen LogP contribution in [0.25, 0.3) is 0 Å². The SMILES string of the molecule is CC(C(=O)NC1CNCCC1C)c1ccccc1.Cl. The van der Waals surface area contributed by atoms with E-state index in [4.69, 9.17) is 0 Å². The molecule has 1 aromatic carbocycles. The van der Waals surface area contributed by atoms with Crippen LogP contribution >= 0.6 is 12.4 Å². The van der Waals surface area contributed by atoms with Crippen LogP contribution in [-0.2, 0) is 4.79 Å². The Labute approximate surface area is 121 Å². The lowest BCUT2D eigenvalue weighted by atomic mass is 9.93. The second-order valence-corrected chi connectivity index (χ2v) is 5.22. The Hall–Kier alpha value is -1.06. The summed E-state index contributed by atoms with van der Waals surface area (Å²) in [5, 5.41) is 6.50. The predicted octanol–water partition coefficient (Wildman–Crippen LogP) is 2.33. The molecule has 2 rings (SSSR count). The highest BCUT2D eigenvalue weighted by molar-refractivity contribution is 5.85. The molecule has 2 N–H and O–H groups in total. The largest absolute Gasteiger partial charge is 0.351 e. The first-order chi connectivity index (χ1) is 8.68. The highest BCUT2D eigenvalue weighted by Gasteiger charge is 2.24. The minimum absolute atomic E-state index is 0. The molecule has 4 heteroatoms. The lowest BCUT2D eigenvalue weighted by molar-refractivity contribution is -0.123. The van der Waals surface area contributed by atoms with Gasteiger partial charge in [-0.1, -0.05) is 37.3 Å². The van der Waals surface area contributed by atoms with Crippen molar-refractivity contribution in [2.45, 2.75) is 32.2 Å². The maximum absolute atomic E-state index is 12.2. The number of rotatable bonds is 3. The van der Waals surface area contributed by atoms with Crippen LogP contribution < -0.4 is 10.6 Å². The van der Waals surface area contributed by atoms with Gasteiger partial charge in [-0.05, 0) is 31.4 Å². The van der Waals surface area contributed by atoms with E-state index in [1.165, 1.54) is 0 Å². The van der Waals surface area contributed by atoms with Gasteiger partial charge in [-0.25, -0.2) is 0 Å². The fourth-order valence-corrected chi connectivity index (χ4v) is 2.38. The van der Waals surface area contributed by atoms with Crippen LogP contribution in [0.5, 0.6) is 0 Å². The maximum Gasteiger partial charge on any atom is 0.227 e. The molecular formula is C15H23ClN2O. The van der Waals surface area contributed by atoms with E-state index in [1.54, 1.807) is 0 Å². The number of carbonyl (C=O) groups excluding carboxylic acids is 1. The summed E-state index contributed by atoms with van der Waals surface area (Å²) in [5.74, 6) is 0.597. The molecule has 1 aliphatic heterocycles. The van der Waals surface area contributed by atoms with Gasteiger partial charge in [0.05, 0.1) is 5.92 Å². The van der Waals surface area contributed by atoms with E-state index >= 15 is 0 Å². The summed E-state index contributed by atoms with van der Waals surface area (Å²) in [4.78, 5) is 12.2. The number of piperidine rings is 1. The van der Waals surface area contributed by atoms with Crippen LogP contribution in [0.3, 0.4) is 0 Å². The Balaban J connectivity index is 0.00000180. The summed E-state index contributed by atoms with van der Waals surface area (Å²) in [6, 6.07) is 10.2. The number of nitrogens with one attached hydrogen (secondary N) is 2. The molecule has 3 unspecified atom stereocenters. The summed E-state index contributed by atoms with van der Waals surface area (Å²) in [7, 11) is 0. The molecular weight excluding hydrogens is 260 g/mol. The predicted molar refractivity (Wildman–Crippen MR) is 80.7 cm³/mol. The van der Waals surface area contributed by atoms with Gasteiger partial charge in [0.15, 0.2) is 0 Å². The average molecular weight is 283 g/mol. The third-order valence-electron chi connectivity index (χ3n) is 3.85. The molecule has 0 aromatic heterocycles. The Kier molecular flexibility index (Phi) is 6.32. The van der Waals surface area contributed by atoms with Gasteiger partial charge in [-0.2, -0.15) is 0 Å². The van der Waals surface area contributed by atoms with Crippen LogP contribution in [0.1, 0.15) is 31.7 Å². The first-order valence-corrected chi connectivity index (χ1v) is 6.74. The van der Waals surface area contributed by atoms with Gasteiger partial charge in [0.2, 0.25) is 5.91 Å². The van der Waals surface area contributed by atoms with Crippen LogP contribution in [0.15, 0.2) is 30.3 Å². The molecule has 1 fully saturated rings. The normalized spacial score (nSPS) is 24.1. The fourth-order valence-electron chi connectivity index (χ4n) is 2.38. The van der Waals surface area contributed by atoms with E-state index in [-0.39, 0.29) is 30.3 Å². The summed E-state index contributed by atoms with van der Waals surface area (Å²) < 4.78 is 0. The van der Waals surface area contributed by atoms with Gasteiger partial charge >= 0.3 is 0 Å². The van der Waals surface area contributed by atoms with Crippen molar-refractivity contribution in [2.24, 2.45) is 5.92 Å². The summed E-state index contributed by atoms with van der Waals surface area (Å²) >= 11 is 0. The molecule has 106 valence electrons. The molecule has 0 spiro atoms. The molecule has 1 heterocycles. The van der Waals surface area contributed by atoms with Crippen molar-refractivity contribution in [1.29, 1.82) is 0 Å². The van der Waals surface area contributed by atoms with E-state index < -0.39 is 0 Å². The Morgan fingerprint density at radius 3 is 2.68 bits per heavy atom. The van der Waals surface area contributed by atoms with Crippen molar-refractivity contribution in [1.82, 2.24) is 10.6 Å². The van der Waals surface area contributed by atoms with Crippen LogP contribution in [0, 0.1) is 5.92 Å². The molecule has 3 atom stereocenters. The Morgan fingerprint density at radius 1 is 1.37 bits per heavy atom. The molecule has 0 aliphatic carbocycles. The number of carbonyl (C=O) groups is 1. The molecule has 0 saturated carbocycles. The number of benzene rings is 1. The molecule has 3 nitrogen and oxygen atoms in total.